The van der Waals surface area contributed by atoms with Crippen LogP contribution in [0, 0.1) is 0 Å². The Labute approximate surface area is 514 Å². The van der Waals surface area contributed by atoms with Crippen LogP contribution in [0.4, 0.5) is 0 Å². The number of aliphatic hydroxyl groups excluding tert-OH is 5. The number of carbonyl (C=O) groups is 1. The molecule has 7 atom stereocenters. The monoisotopic (exact) mass is 1170 g/mol. The van der Waals surface area contributed by atoms with E-state index in [1.54, 1.807) is 6.08 Å². The lowest BCUT2D eigenvalue weighted by Crippen LogP contribution is -2.60. The summed E-state index contributed by atoms with van der Waals surface area (Å²) in [5.74, 6) is -0.253. The molecule has 1 fully saturated rings. The van der Waals surface area contributed by atoms with Crippen LogP contribution < -0.4 is 5.32 Å². The van der Waals surface area contributed by atoms with Crippen LogP contribution in [0.3, 0.4) is 0 Å². The molecular formula is C75H125NO8. The van der Waals surface area contributed by atoms with Gasteiger partial charge in [-0.15, -0.1) is 0 Å². The molecule has 478 valence electrons. The molecule has 9 nitrogen and oxygen atoms in total. The lowest BCUT2D eigenvalue weighted by atomic mass is 9.99. The van der Waals surface area contributed by atoms with Crippen LogP contribution in [0.1, 0.15) is 264 Å². The fourth-order valence-corrected chi connectivity index (χ4v) is 9.84. The Bertz CT molecular complexity index is 1830. The van der Waals surface area contributed by atoms with Crippen molar-refractivity contribution in [1.29, 1.82) is 0 Å². The number of rotatable bonds is 57. The van der Waals surface area contributed by atoms with Gasteiger partial charge in [0.25, 0.3) is 0 Å². The highest BCUT2D eigenvalue weighted by atomic mass is 16.7. The van der Waals surface area contributed by atoms with Gasteiger partial charge in [-0.25, -0.2) is 0 Å². The second-order valence-corrected chi connectivity index (χ2v) is 22.9. The van der Waals surface area contributed by atoms with E-state index in [-0.39, 0.29) is 18.9 Å². The van der Waals surface area contributed by atoms with Gasteiger partial charge in [0, 0.05) is 6.42 Å². The molecule has 0 aromatic carbocycles. The van der Waals surface area contributed by atoms with Gasteiger partial charge in [0.05, 0.1) is 25.4 Å². The van der Waals surface area contributed by atoms with Crippen LogP contribution in [0.15, 0.2) is 146 Å². The smallest absolute Gasteiger partial charge is 0.220 e. The van der Waals surface area contributed by atoms with E-state index in [0.29, 0.717) is 12.8 Å². The van der Waals surface area contributed by atoms with Gasteiger partial charge in [0.15, 0.2) is 6.29 Å². The molecule has 7 unspecified atom stereocenters. The average molecular weight is 1170 g/mol. The molecule has 1 heterocycles. The summed E-state index contributed by atoms with van der Waals surface area (Å²) in [7, 11) is 0. The average Bonchev–Trinajstić information content (AvgIpc) is 3.69. The van der Waals surface area contributed by atoms with Gasteiger partial charge in [-0.2, -0.15) is 0 Å². The molecule has 0 radical (unpaired) electrons. The number of ether oxygens (including phenoxy) is 2. The minimum Gasteiger partial charge on any atom is -0.394 e. The first-order chi connectivity index (χ1) is 41.3. The van der Waals surface area contributed by atoms with Gasteiger partial charge in [0.2, 0.25) is 5.91 Å². The van der Waals surface area contributed by atoms with Crippen molar-refractivity contribution < 1.29 is 39.8 Å². The van der Waals surface area contributed by atoms with E-state index >= 15 is 0 Å². The van der Waals surface area contributed by atoms with Gasteiger partial charge in [0.1, 0.15) is 24.4 Å². The van der Waals surface area contributed by atoms with Crippen LogP contribution in [0.25, 0.3) is 0 Å². The Morgan fingerprint density at radius 3 is 1.14 bits per heavy atom. The second-order valence-electron chi connectivity index (χ2n) is 22.9. The zero-order valence-electron chi connectivity index (χ0n) is 53.4. The molecule has 0 saturated carbocycles. The standard InChI is InChI=1S/C75H125NO8/c1-3-5-7-9-11-13-15-17-19-21-23-25-27-29-31-33-34-35-37-38-40-42-44-46-48-50-52-54-56-58-60-62-64-69(78)68(67-83-75-74(82)73(81)72(80)70(66-77)84-75)76-71(79)65-63-61-59-57-55-53-51-49-47-45-43-41-39-36-32-30-28-26-24-22-20-18-16-14-12-10-8-6-4-2/h6,8,12,14,18,20,24,26,30,32,39,41,45-48,51,53-54,56-57,59,62,64,68-70,72-75,77-78,80-82H,3-5,7,9-11,13,15-17,19,21-23,25,27-29,31,33-38,40,42-44,49-50,52,55,58,60-61,63,65-67H2,1-2H3,(H,76,79)/b8-6-,14-12-,20-18-,26-24-,32-30-,41-39-,47-45-,48-46+,53-51-,56-54+,59-57-,64-62+. The third kappa shape index (κ3) is 50.2. The molecule has 1 amide bonds. The summed E-state index contributed by atoms with van der Waals surface area (Å²) in [6.07, 6.45) is 89.5. The third-order valence-electron chi connectivity index (χ3n) is 15.1. The van der Waals surface area contributed by atoms with Gasteiger partial charge in [-0.1, -0.05) is 295 Å². The maximum atomic E-state index is 13.1. The van der Waals surface area contributed by atoms with E-state index in [1.165, 1.54) is 141 Å². The van der Waals surface area contributed by atoms with Crippen molar-refractivity contribution >= 4 is 5.91 Å². The van der Waals surface area contributed by atoms with E-state index in [1.807, 2.05) is 6.08 Å². The van der Waals surface area contributed by atoms with E-state index in [4.69, 9.17) is 9.47 Å². The summed E-state index contributed by atoms with van der Waals surface area (Å²) >= 11 is 0. The number of carbonyl (C=O) groups excluding carboxylic acids is 1. The first-order valence-electron chi connectivity index (χ1n) is 34.1. The molecule has 1 saturated heterocycles. The number of aliphatic hydroxyl groups is 5. The highest BCUT2D eigenvalue weighted by Crippen LogP contribution is 2.23. The maximum absolute atomic E-state index is 13.1. The fourth-order valence-electron chi connectivity index (χ4n) is 9.84. The van der Waals surface area contributed by atoms with Crippen molar-refractivity contribution in [1.82, 2.24) is 5.32 Å². The largest absolute Gasteiger partial charge is 0.394 e. The summed E-state index contributed by atoms with van der Waals surface area (Å²) in [5, 5.41) is 54.6. The molecule has 0 spiro atoms. The maximum Gasteiger partial charge on any atom is 0.220 e. The second kappa shape index (κ2) is 62.1. The Morgan fingerprint density at radius 1 is 0.417 bits per heavy atom. The minimum atomic E-state index is -1.60. The van der Waals surface area contributed by atoms with Crippen molar-refractivity contribution in [3.63, 3.8) is 0 Å². The predicted molar refractivity (Wildman–Crippen MR) is 359 cm³/mol. The van der Waals surface area contributed by atoms with Crippen molar-refractivity contribution in [2.75, 3.05) is 13.2 Å². The first kappa shape index (κ1) is 78.1. The van der Waals surface area contributed by atoms with Gasteiger partial charge in [-0.3, -0.25) is 4.79 Å². The SMILES string of the molecule is CC/C=C\C/C=C\C/C=C\C/C=C\C/C=C\C/C=C\C/C=C\C/C=C\C/C=C\CCCC(=O)NC(COC1OC(CO)C(O)C(O)C1O)C(O)/C=C/CC/C=C/CC/C=C/CCCCCCCCCCCCCCCCCCCCCCCC. The highest BCUT2D eigenvalue weighted by Gasteiger charge is 2.44. The summed E-state index contributed by atoms with van der Waals surface area (Å²) in [6.45, 7) is 3.62. The molecule has 0 aromatic rings. The van der Waals surface area contributed by atoms with Crippen LogP contribution in [0.2, 0.25) is 0 Å². The molecule has 0 aromatic heterocycles. The molecule has 0 bridgehead atoms. The molecule has 9 heteroatoms. The highest BCUT2D eigenvalue weighted by molar-refractivity contribution is 5.76. The van der Waals surface area contributed by atoms with Crippen LogP contribution >= 0.6 is 0 Å². The number of hydrogen-bond acceptors (Lipinski definition) is 8. The van der Waals surface area contributed by atoms with Crippen molar-refractivity contribution in [3.05, 3.63) is 146 Å². The van der Waals surface area contributed by atoms with Crippen molar-refractivity contribution in [2.24, 2.45) is 0 Å². The van der Waals surface area contributed by atoms with Crippen LogP contribution in [0.5, 0.6) is 0 Å². The van der Waals surface area contributed by atoms with Gasteiger partial charge in [-0.05, 0) is 109 Å². The third-order valence-corrected chi connectivity index (χ3v) is 15.1. The first-order valence-corrected chi connectivity index (χ1v) is 34.1. The summed E-state index contributed by atoms with van der Waals surface area (Å²) in [4.78, 5) is 13.1. The zero-order valence-corrected chi connectivity index (χ0v) is 53.4. The molecule has 1 rings (SSSR count). The number of hydrogen-bond donors (Lipinski definition) is 6. The molecule has 1 aliphatic heterocycles. The van der Waals surface area contributed by atoms with Crippen LogP contribution in [-0.4, -0.2) is 87.5 Å². The molecule has 1 aliphatic rings. The normalized spacial score (nSPS) is 19.2. The number of amides is 1. The Hall–Kier alpha value is -3.93. The number of nitrogens with one attached hydrogen (secondary N) is 1. The van der Waals surface area contributed by atoms with E-state index in [2.05, 4.69) is 153 Å². The Morgan fingerprint density at radius 2 is 0.750 bits per heavy atom. The summed E-state index contributed by atoms with van der Waals surface area (Å²) in [6, 6.07) is -0.873. The van der Waals surface area contributed by atoms with Crippen molar-refractivity contribution in [3.8, 4) is 0 Å². The topological polar surface area (TPSA) is 149 Å². The number of unbranched alkanes of at least 4 members (excludes halogenated alkanes) is 25. The Kier molecular flexibility index (Phi) is 57.8. The van der Waals surface area contributed by atoms with Crippen LogP contribution in [-0.2, 0) is 14.3 Å². The molecular weight excluding hydrogens is 1040 g/mol. The van der Waals surface area contributed by atoms with E-state index < -0.39 is 49.5 Å². The summed E-state index contributed by atoms with van der Waals surface area (Å²) in [5.41, 5.74) is 0. The van der Waals surface area contributed by atoms with E-state index in [0.717, 1.165) is 89.9 Å². The lowest BCUT2D eigenvalue weighted by Gasteiger charge is -2.40. The molecule has 6 N–H and O–H groups in total. The molecule has 0 aliphatic carbocycles. The predicted octanol–water partition coefficient (Wildman–Crippen LogP) is 18.6. The van der Waals surface area contributed by atoms with Crippen molar-refractivity contribution in [2.45, 2.75) is 307 Å². The van der Waals surface area contributed by atoms with Gasteiger partial charge < -0.3 is 40.3 Å². The summed E-state index contributed by atoms with van der Waals surface area (Å²) < 4.78 is 11.3. The zero-order chi connectivity index (χ0) is 60.7. The van der Waals surface area contributed by atoms with Gasteiger partial charge >= 0.3 is 0 Å². The Balaban J connectivity index is 2.25. The fraction of sp³-hybridized carbons (Fsp3) is 0.667. The quantitative estimate of drug-likeness (QED) is 0.0261. The lowest BCUT2D eigenvalue weighted by molar-refractivity contribution is -0.302. The number of allylic oxidation sites excluding steroid dienone is 23. The molecule has 84 heavy (non-hydrogen) atoms. The van der Waals surface area contributed by atoms with E-state index in [9.17, 15) is 30.3 Å². The minimum absolute atomic E-state index is 0.239.